The number of amides is 1. The van der Waals surface area contributed by atoms with Gasteiger partial charge in [0.1, 0.15) is 5.82 Å². The average Bonchev–Trinajstić information content (AvgIpc) is 2.39. The maximum atomic E-state index is 13.5. The second-order valence-corrected chi connectivity index (χ2v) is 5.60. The zero-order valence-electron chi connectivity index (χ0n) is 12.6. The largest absolute Gasteiger partial charge is 0.356 e. The summed E-state index contributed by atoms with van der Waals surface area (Å²) in [5.41, 5.74) is 0.705. The third-order valence-corrected chi connectivity index (χ3v) is 3.04. The van der Waals surface area contributed by atoms with Gasteiger partial charge in [0.15, 0.2) is 0 Å². The number of halogens is 1. The summed E-state index contributed by atoms with van der Waals surface area (Å²) in [6.45, 7) is 7.45. The van der Waals surface area contributed by atoms with E-state index in [1.165, 1.54) is 6.07 Å². The lowest BCUT2D eigenvalue weighted by molar-refractivity contribution is -0.121. The van der Waals surface area contributed by atoms with Crippen LogP contribution in [0.3, 0.4) is 0 Å². The quantitative estimate of drug-likeness (QED) is 0.768. The van der Waals surface area contributed by atoms with Crippen molar-refractivity contribution in [3.63, 3.8) is 0 Å². The van der Waals surface area contributed by atoms with E-state index >= 15 is 0 Å². The van der Waals surface area contributed by atoms with E-state index in [0.717, 1.165) is 0 Å². The van der Waals surface area contributed by atoms with Gasteiger partial charge in [-0.2, -0.15) is 0 Å². The van der Waals surface area contributed by atoms with Gasteiger partial charge in [-0.25, -0.2) is 4.39 Å². The topological polar surface area (TPSA) is 41.1 Å². The Bertz CT molecular complexity index is 421. The normalized spacial score (nSPS) is 12.4. The van der Waals surface area contributed by atoms with Crippen LogP contribution >= 0.6 is 0 Å². The first-order valence-electron chi connectivity index (χ1n) is 7.22. The van der Waals surface area contributed by atoms with E-state index in [4.69, 9.17) is 0 Å². The van der Waals surface area contributed by atoms with Gasteiger partial charge in [-0.3, -0.25) is 4.79 Å². The van der Waals surface area contributed by atoms with Gasteiger partial charge in [0.25, 0.3) is 0 Å². The Morgan fingerprint density at radius 2 is 1.95 bits per heavy atom. The molecule has 1 aromatic rings. The minimum atomic E-state index is -0.171. The van der Waals surface area contributed by atoms with Crippen LogP contribution in [0.1, 0.15) is 32.8 Å². The smallest absolute Gasteiger partial charge is 0.221 e. The van der Waals surface area contributed by atoms with E-state index in [2.05, 4.69) is 24.5 Å². The van der Waals surface area contributed by atoms with Crippen LogP contribution in [0.5, 0.6) is 0 Å². The summed E-state index contributed by atoms with van der Waals surface area (Å²) >= 11 is 0. The van der Waals surface area contributed by atoms with Gasteiger partial charge >= 0.3 is 0 Å². The van der Waals surface area contributed by atoms with Crippen molar-refractivity contribution in [2.45, 2.75) is 39.7 Å². The molecule has 3 nitrogen and oxygen atoms in total. The molecule has 0 saturated carbocycles. The standard InChI is InChI=1S/C16H25FN2O/c1-12(2)11-19-16(20)8-9-18-13(3)10-14-6-4-5-7-15(14)17/h4-7,12-13,18H,8-11H2,1-3H3,(H,19,20). The molecule has 0 aliphatic heterocycles. The number of hydrogen-bond donors (Lipinski definition) is 2. The van der Waals surface area contributed by atoms with Crippen LogP contribution in [-0.2, 0) is 11.2 Å². The number of rotatable bonds is 8. The molecule has 1 unspecified atom stereocenters. The van der Waals surface area contributed by atoms with Crippen molar-refractivity contribution in [2.24, 2.45) is 5.92 Å². The molecule has 4 heteroatoms. The Balaban J connectivity index is 2.22. The van der Waals surface area contributed by atoms with Crippen LogP contribution in [0.25, 0.3) is 0 Å². The zero-order valence-corrected chi connectivity index (χ0v) is 12.6. The van der Waals surface area contributed by atoms with Crippen molar-refractivity contribution in [1.29, 1.82) is 0 Å². The molecule has 0 aliphatic carbocycles. The summed E-state index contributed by atoms with van der Waals surface area (Å²) in [5, 5.41) is 6.13. The van der Waals surface area contributed by atoms with E-state index in [1.54, 1.807) is 12.1 Å². The predicted molar refractivity (Wildman–Crippen MR) is 80.0 cm³/mol. The summed E-state index contributed by atoms with van der Waals surface area (Å²) < 4.78 is 13.5. The molecule has 1 amide bonds. The fourth-order valence-corrected chi connectivity index (χ4v) is 1.90. The van der Waals surface area contributed by atoms with E-state index < -0.39 is 0 Å². The van der Waals surface area contributed by atoms with Gasteiger partial charge in [-0.1, -0.05) is 32.0 Å². The van der Waals surface area contributed by atoms with Gasteiger partial charge in [0, 0.05) is 25.6 Å². The molecule has 1 atom stereocenters. The fourth-order valence-electron chi connectivity index (χ4n) is 1.90. The van der Waals surface area contributed by atoms with Crippen LogP contribution in [0.15, 0.2) is 24.3 Å². The fraction of sp³-hybridized carbons (Fsp3) is 0.562. The summed E-state index contributed by atoms with van der Waals surface area (Å²) in [7, 11) is 0. The Kier molecular flexibility index (Phi) is 7.23. The predicted octanol–water partition coefficient (Wildman–Crippen LogP) is 2.51. The lowest BCUT2D eigenvalue weighted by Crippen LogP contribution is -2.34. The number of nitrogens with one attached hydrogen (secondary N) is 2. The Morgan fingerprint density at radius 1 is 1.25 bits per heavy atom. The van der Waals surface area contributed by atoms with E-state index in [1.807, 2.05) is 13.0 Å². The summed E-state index contributed by atoms with van der Waals surface area (Å²) in [6, 6.07) is 6.94. The van der Waals surface area contributed by atoms with E-state index in [0.29, 0.717) is 37.4 Å². The average molecular weight is 280 g/mol. The molecule has 0 saturated heterocycles. The third kappa shape index (κ3) is 6.66. The molecule has 0 fully saturated rings. The van der Waals surface area contributed by atoms with Crippen molar-refractivity contribution >= 4 is 5.91 Å². The van der Waals surface area contributed by atoms with Crippen LogP contribution in [0.2, 0.25) is 0 Å². The number of carbonyl (C=O) groups is 1. The summed E-state index contributed by atoms with van der Waals surface area (Å²) in [6.07, 6.45) is 1.08. The number of hydrogen-bond acceptors (Lipinski definition) is 2. The highest BCUT2D eigenvalue weighted by molar-refractivity contribution is 5.76. The lowest BCUT2D eigenvalue weighted by atomic mass is 10.1. The maximum absolute atomic E-state index is 13.5. The molecule has 0 radical (unpaired) electrons. The second kappa shape index (κ2) is 8.69. The van der Waals surface area contributed by atoms with Gasteiger partial charge in [-0.05, 0) is 30.9 Å². The first-order chi connectivity index (χ1) is 9.49. The highest BCUT2D eigenvalue weighted by atomic mass is 19.1. The number of carbonyl (C=O) groups excluding carboxylic acids is 1. The van der Waals surface area contributed by atoms with E-state index in [9.17, 15) is 9.18 Å². The minimum absolute atomic E-state index is 0.0595. The first-order valence-corrected chi connectivity index (χ1v) is 7.22. The second-order valence-electron chi connectivity index (χ2n) is 5.60. The van der Waals surface area contributed by atoms with Gasteiger partial charge in [0.2, 0.25) is 5.91 Å². The molecule has 0 spiro atoms. The van der Waals surface area contributed by atoms with Crippen LogP contribution < -0.4 is 10.6 Å². The lowest BCUT2D eigenvalue weighted by Gasteiger charge is -2.14. The van der Waals surface area contributed by atoms with Gasteiger partial charge in [0.05, 0.1) is 0 Å². The molecule has 0 aromatic heterocycles. The summed E-state index contributed by atoms with van der Waals surface area (Å²) in [5.74, 6) is 0.354. The van der Waals surface area contributed by atoms with Crippen molar-refractivity contribution < 1.29 is 9.18 Å². The van der Waals surface area contributed by atoms with Gasteiger partial charge in [-0.15, -0.1) is 0 Å². The summed E-state index contributed by atoms with van der Waals surface area (Å²) in [4.78, 5) is 11.5. The van der Waals surface area contributed by atoms with Gasteiger partial charge < -0.3 is 10.6 Å². The molecule has 2 N–H and O–H groups in total. The molecule has 0 heterocycles. The molecule has 112 valence electrons. The molecule has 1 aromatic carbocycles. The molecular formula is C16H25FN2O. The van der Waals surface area contributed by atoms with Crippen molar-refractivity contribution in [2.75, 3.05) is 13.1 Å². The van der Waals surface area contributed by atoms with Crippen molar-refractivity contribution in [3.05, 3.63) is 35.6 Å². The molecule has 1 rings (SSSR count). The van der Waals surface area contributed by atoms with E-state index in [-0.39, 0.29) is 17.8 Å². The van der Waals surface area contributed by atoms with Crippen molar-refractivity contribution in [1.82, 2.24) is 10.6 Å². The van der Waals surface area contributed by atoms with Crippen LogP contribution in [0.4, 0.5) is 4.39 Å². The molecule has 0 bridgehead atoms. The highest BCUT2D eigenvalue weighted by Gasteiger charge is 2.08. The van der Waals surface area contributed by atoms with Crippen molar-refractivity contribution in [3.8, 4) is 0 Å². The molecule has 0 aliphatic rings. The first kappa shape index (κ1) is 16.6. The minimum Gasteiger partial charge on any atom is -0.356 e. The maximum Gasteiger partial charge on any atom is 0.221 e. The van der Waals surface area contributed by atoms with Crippen LogP contribution in [0, 0.1) is 11.7 Å². The Morgan fingerprint density at radius 3 is 2.60 bits per heavy atom. The third-order valence-electron chi connectivity index (χ3n) is 3.04. The monoisotopic (exact) mass is 280 g/mol. The molecule has 20 heavy (non-hydrogen) atoms. The Hall–Kier alpha value is -1.42. The number of benzene rings is 1. The SMILES string of the molecule is CC(C)CNC(=O)CCNC(C)Cc1ccccc1F. The Labute approximate surface area is 121 Å². The molecular weight excluding hydrogens is 255 g/mol. The highest BCUT2D eigenvalue weighted by Crippen LogP contribution is 2.08. The van der Waals surface area contributed by atoms with Crippen LogP contribution in [-0.4, -0.2) is 25.0 Å². The zero-order chi connectivity index (χ0) is 15.0.